The lowest BCUT2D eigenvalue weighted by Crippen LogP contribution is -2.15. The smallest absolute Gasteiger partial charge is 0.265 e. The highest BCUT2D eigenvalue weighted by molar-refractivity contribution is 7.85. The average Bonchev–Trinajstić information content (AvgIpc) is 2.86. The minimum Gasteiger partial charge on any atom is -0.286 e. The van der Waals surface area contributed by atoms with Crippen molar-refractivity contribution in [2.75, 3.05) is 5.75 Å². The molecular formula is C33H66O3S. The molecule has 1 unspecified atom stereocenters. The zero-order valence-electron chi connectivity index (χ0n) is 25.2. The van der Waals surface area contributed by atoms with E-state index in [4.69, 9.17) is 0 Å². The molecule has 0 spiro atoms. The number of hydrogen-bond donors (Lipinski definition) is 1. The molecule has 0 aliphatic rings. The molecule has 0 bridgehead atoms. The van der Waals surface area contributed by atoms with Gasteiger partial charge in [0.2, 0.25) is 0 Å². The maximum atomic E-state index is 11.5. The fourth-order valence-corrected chi connectivity index (χ4v) is 6.32. The van der Waals surface area contributed by atoms with Crippen molar-refractivity contribution in [1.82, 2.24) is 0 Å². The number of allylic oxidation sites excluding steroid dienone is 2. The van der Waals surface area contributed by atoms with Crippen LogP contribution in [0.15, 0.2) is 12.2 Å². The van der Waals surface area contributed by atoms with E-state index in [1.807, 2.05) is 0 Å². The first-order valence-electron chi connectivity index (χ1n) is 16.6. The third-order valence-electron chi connectivity index (χ3n) is 7.79. The minimum atomic E-state index is -3.87. The monoisotopic (exact) mass is 542 g/mol. The highest BCUT2D eigenvalue weighted by Crippen LogP contribution is 2.21. The molecule has 222 valence electrons. The predicted octanol–water partition coefficient (Wildman–Crippen LogP) is 11.6. The molecule has 0 amide bonds. The zero-order valence-corrected chi connectivity index (χ0v) is 26.0. The van der Waals surface area contributed by atoms with Gasteiger partial charge in [0, 0.05) is 0 Å². The average molecular weight is 543 g/mol. The Morgan fingerprint density at radius 3 is 1.11 bits per heavy atom. The molecule has 0 aromatic carbocycles. The molecule has 0 saturated carbocycles. The van der Waals surface area contributed by atoms with Crippen LogP contribution in [-0.4, -0.2) is 18.7 Å². The van der Waals surface area contributed by atoms with Gasteiger partial charge < -0.3 is 0 Å². The molecule has 0 saturated heterocycles. The van der Waals surface area contributed by atoms with Crippen molar-refractivity contribution < 1.29 is 13.0 Å². The van der Waals surface area contributed by atoms with Crippen LogP contribution in [0.4, 0.5) is 0 Å². The summed E-state index contributed by atoms with van der Waals surface area (Å²) < 4.78 is 32.3. The lowest BCUT2D eigenvalue weighted by atomic mass is 9.95. The maximum absolute atomic E-state index is 11.5. The fraction of sp³-hybridized carbons (Fsp3) is 0.939. The first-order chi connectivity index (χ1) is 18.0. The van der Waals surface area contributed by atoms with Gasteiger partial charge in [-0.05, 0) is 44.4 Å². The summed E-state index contributed by atoms with van der Waals surface area (Å²) in [5.74, 6) is 0.0806. The molecule has 4 heteroatoms. The molecule has 0 aliphatic carbocycles. The summed E-state index contributed by atoms with van der Waals surface area (Å²) in [6.45, 7) is 4.54. The SMILES string of the molecule is CCCCCCCC/C=C\CCCCCCCC(CCCCCCCCCCCCCC)CS(=O)(=O)O. The van der Waals surface area contributed by atoms with E-state index in [0.717, 1.165) is 25.7 Å². The molecule has 0 aromatic rings. The van der Waals surface area contributed by atoms with Crippen molar-refractivity contribution in [2.45, 2.75) is 187 Å². The van der Waals surface area contributed by atoms with Gasteiger partial charge in [-0.25, -0.2) is 0 Å². The quantitative estimate of drug-likeness (QED) is 0.0557. The van der Waals surface area contributed by atoms with E-state index >= 15 is 0 Å². The molecule has 1 atom stereocenters. The van der Waals surface area contributed by atoms with Gasteiger partial charge in [-0.2, -0.15) is 8.42 Å². The maximum Gasteiger partial charge on any atom is 0.265 e. The molecule has 0 fully saturated rings. The van der Waals surface area contributed by atoms with E-state index in [1.54, 1.807) is 0 Å². The van der Waals surface area contributed by atoms with Crippen molar-refractivity contribution in [1.29, 1.82) is 0 Å². The van der Waals surface area contributed by atoms with Gasteiger partial charge in [-0.1, -0.05) is 161 Å². The molecule has 0 aromatic heterocycles. The highest BCUT2D eigenvalue weighted by Gasteiger charge is 2.16. The normalized spacial score (nSPS) is 13.1. The van der Waals surface area contributed by atoms with Crippen molar-refractivity contribution in [2.24, 2.45) is 5.92 Å². The molecule has 0 heterocycles. The van der Waals surface area contributed by atoms with Crippen molar-refractivity contribution in [3.05, 3.63) is 12.2 Å². The predicted molar refractivity (Wildman–Crippen MR) is 165 cm³/mol. The first kappa shape index (κ1) is 36.6. The summed E-state index contributed by atoms with van der Waals surface area (Å²) in [4.78, 5) is 0. The minimum absolute atomic E-state index is 0.0472. The van der Waals surface area contributed by atoms with Crippen LogP contribution < -0.4 is 0 Å². The molecule has 0 radical (unpaired) electrons. The Hall–Kier alpha value is -0.350. The summed E-state index contributed by atoms with van der Waals surface area (Å²) in [6.07, 6.45) is 39.2. The largest absolute Gasteiger partial charge is 0.286 e. The molecular weight excluding hydrogens is 476 g/mol. The lowest BCUT2D eigenvalue weighted by molar-refractivity contribution is 0.410. The Bertz CT molecular complexity index is 570. The standard InChI is InChI=1S/C33H66O3S/c1-3-5-7-9-11-13-15-17-18-19-21-23-25-27-29-31-33(32-37(34,35)36)30-28-26-24-22-20-16-14-12-10-8-6-4-2/h17-18,33H,3-16,19-32H2,1-2H3,(H,34,35,36)/b18-17-. The third kappa shape index (κ3) is 31.8. The summed E-state index contributed by atoms with van der Waals surface area (Å²) in [6, 6.07) is 0. The Balaban J connectivity index is 3.68. The highest BCUT2D eigenvalue weighted by atomic mass is 32.2. The van der Waals surface area contributed by atoms with Crippen LogP contribution in [0.3, 0.4) is 0 Å². The van der Waals surface area contributed by atoms with Crippen LogP contribution >= 0.6 is 0 Å². The Labute approximate surface area is 233 Å². The van der Waals surface area contributed by atoms with Gasteiger partial charge in [0.1, 0.15) is 0 Å². The van der Waals surface area contributed by atoms with Gasteiger partial charge in [0.15, 0.2) is 0 Å². The molecule has 3 nitrogen and oxygen atoms in total. The van der Waals surface area contributed by atoms with Crippen LogP contribution in [0.5, 0.6) is 0 Å². The Morgan fingerprint density at radius 1 is 0.486 bits per heavy atom. The molecule has 0 rings (SSSR count). The van der Waals surface area contributed by atoms with Gasteiger partial charge >= 0.3 is 0 Å². The first-order valence-corrected chi connectivity index (χ1v) is 18.2. The van der Waals surface area contributed by atoms with Crippen LogP contribution in [-0.2, 0) is 10.1 Å². The Morgan fingerprint density at radius 2 is 0.784 bits per heavy atom. The van der Waals surface area contributed by atoms with Crippen LogP contribution in [0.2, 0.25) is 0 Å². The van der Waals surface area contributed by atoms with Gasteiger partial charge in [0.05, 0.1) is 5.75 Å². The van der Waals surface area contributed by atoms with Gasteiger partial charge in [-0.15, -0.1) is 0 Å². The zero-order chi connectivity index (χ0) is 27.3. The third-order valence-corrected chi connectivity index (χ3v) is 8.68. The van der Waals surface area contributed by atoms with Crippen LogP contribution in [0.1, 0.15) is 187 Å². The van der Waals surface area contributed by atoms with Gasteiger partial charge in [0.25, 0.3) is 10.1 Å². The van der Waals surface area contributed by atoms with E-state index in [0.29, 0.717) is 0 Å². The van der Waals surface area contributed by atoms with E-state index in [2.05, 4.69) is 26.0 Å². The Kier molecular flexibility index (Phi) is 28.4. The van der Waals surface area contributed by atoms with Crippen LogP contribution in [0.25, 0.3) is 0 Å². The van der Waals surface area contributed by atoms with Crippen molar-refractivity contribution in [3.8, 4) is 0 Å². The second-order valence-electron chi connectivity index (χ2n) is 11.7. The second-order valence-corrected chi connectivity index (χ2v) is 13.2. The second kappa shape index (κ2) is 28.7. The number of unbranched alkanes of at least 4 members (excludes halogenated alkanes) is 22. The topological polar surface area (TPSA) is 54.4 Å². The fourth-order valence-electron chi connectivity index (χ4n) is 5.39. The summed E-state index contributed by atoms with van der Waals surface area (Å²) in [5.41, 5.74) is 0. The lowest BCUT2D eigenvalue weighted by Gasteiger charge is -2.15. The van der Waals surface area contributed by atoms with E-state index in [1.165, 1.54) is 148 Å². The summed E-state index contributed by atoms with van der Waals surface area (Å²) >= 11 is 0. The van der Waals surface area contributed by atoms with Gasteiger partial charge in [-0.3, -0.25) is 4.55 Å². The van der Waals surface area contributed by atoms with E-state index in [9.17, 15) is 13.0 Å². The van der Waals surface area contributed by atoms with E-state index < -0.39 is 10.1 Å². The molecule has 1 N–H and O–H groups in total. The summed E-state index contributed by atoms with van der Waals surface area (Å²) in [7, 11) is -3.87. The molecule has 37 heavy (non-hydrogen) atoms. The number of hydrogen-bond acceptors (Lipinski definition) is 2. The van der Waals surface area contributed by atoms with Crippen molar-refractivity contribution >= 4 is 10.1 Å². The van der Waals surface area contributed by atoms with Crippen LogP contribution in [0, 0.1) is 5.92 Å². The van der Waals surface area contributed by atoms with E-state index in [-0.39, 0.29) is 11.7 Å². The number of rotatable bonds is 30. The molecule has 0 aliphatic heterocycles. The summed E-state index contributed by atoms with van der Waals surface area (Å²) in [5, 5.41) is 0. The van der Waals surface area contributed by atoms with Crippen molar-refractivity contribution in [3.63, 3.8) is 0 Å².